The molecule has 0 bridgehead atoms. The van der Waals surface area contributed by atoms with Crippen LogP contribution in [0.2, 0.25) is 0 Å². The van der Waals surface area contributed by atoms with E-state index in [0.29, 0.717) is 6.04 Å². The fraction of sp³-hybridized carbons (Fsp3) is 0.538. The fourth-order valence-electron chi connectivity index (χ4n) is 1.79. The molecule has 0 aliphatic carbocycles. The Morgan fingerprint density at radius 3 is 2.56 bits per heavy atom. The van der Waals surface area contributed by atoms with Crippen LogP contribution in [0.3, 0.4) is 0 Å². The van der Waals surface area contributed by atoms with E-state index >= 15 is 0 Å². The standard InChI is InChI=1S/C13H22N2O/c1-14-11-13(15(2)9-10-16-3)12-7-5-4-6-8-12/h4-8,13-14H,9-11H2,1-3H3. The molecule has 90 valence electrons. The highest BCUT2D eigenvalue weighted by atomic mass is 16.5. The lowest BCUT2D eigenvalue weighted by Gasteiger charge is -2.28. The smallest absolute Gasteiger partial charge is 0.0589 e. The van der Waals surface area contributed by atoms with Crippen molar-refractivity contribution in [1.29, 1.82) is 0 Å². The van der Waals surface area contributed by atoms with Gasteiger partial charge >= 0.3 is 0 Å². The van der Waals surface area contributed by atoms with Gasteiger partial charge in [-0.3, -0.25) is 4.90 Å². The Bertz CT molecular complexity index is 277. The maximum atomic E-state index is 5.11. The summed E-state index contributed by atoms with van der Waals surface area (Å²) >= 11 is 0. The predicted octanol–water partition coefficient (Wildman–Crippen LogP) is 1.53. The molecule has 1 aromatic rings. The molecule has 1 atom stereocenters. The number of nitrogens with one attached hydrogen (secondary N) is 1. The Balaban J connectivity index is 2.66. The summed E-state index contributed by atoms with van der Waals surface area (Å²) in [5, 5.41) is 3.24. The van der Waals surface area contributed by atoms with Gasteiger partial charge in [-0.25, -0.2) is 0 Å². The van der Waals surface area contributed by atoms with E-state index in [9.17, 15) is 0 Å². The second-order valence-corrected chi connectivity index (χ2v) is 3.96. The highest BCUT2D eigenvalue weighted by molar-refractivity contribution is 5.19. The number of nitrogens with zero attached hydrogens (tertiary/aromatic N) is 1. The average Bonchev–Trinajstić information content (AvgIpc) is 2.34. The Labute approximate surface area is 98.4 Å². The van der Waals surface area contributed by atoms with Gasteiger partial charge in [0.1, 0.15) is 0 Å². The minimum absolute atomic E-state index is 0.404. The van der Waals surface area contributed by atoms with Gasteiger partial charge in [-0.2, -0.15) is 0 Å². The fourth-order valence-corrected chi connectivity index (χ4v) is 1.79. The van der Waals surface area contributed by atoms with Crippen LogP contribution in [0, 0.1) is 0 Å². The van der Waals surface area contributed by atoms with Gasteiger partial charge in [-0.1, -0.05) is 30.3 Å². The van der Waals surface area contributed by atoms with E-state index in [1.54, 1.807) is 7.11 Å². The van der Waals surface area contributed by atoms with Crippen LogP contribution >= 0.6 is 0 Å². The Morgan fingerprint density at radius 1 is 1.31 bits per heavy atom. The van der Waals surface area contributed by atoms with E-state index in [1.807, 2.05) is 7.05 Å². The average molecular weight is 222 g/mol. The van der Waals surface area contributed by atoms with Gasteiger partial charge in [0.05, 0.1) is 6.61 Å². The summed E-state index contributed by atoms with van der Waals surface area (Å²) in [6.45, 7) is 2.66. The second-order valence-electron chi connectivity index (χ2n) is 3.96. The molecule has 3 heteroatoms. The number of methoxy groups -OCH3 is 1. The summed E-state index contributed by atoms with van der Waals surface area (Å²) in [6.07, 6.45) is 0. The zero-order chi connectivity index (χ0) is 11.8. The van der Waals surface area contributed by atoms with Gasteiger partial charge in [0.25, 0.3) is 0 Å². The maximum absolute atomic E-state index is 5.11. The van der Waals surface area contributed by atoms with Gasteiger partial charge in [0.2, 0.25) is 0 Å². The number of rotatable bonds is 7. The van der Waals surface area contributed by atoms with Crippen LogP contribution in [0.15, 0.2) is 30.3 Å². The van der Waals surface area contributed by atoms with E-state index in [-0.39, 0.29) is 0 Å². The normalized spacial score (nSPS) is 13.0. The van der Waals surface area contributed by atoms with Crippen molar-refractivity contribution < 1.29 is 4.74 Å². The van der Waals surface area contributed by atoms with Gasteiger partial charge in [-0.15, -0.1) is 0 Å². The zero-order valence-corrected chi connectivity index (χ0v) is 10.4. The van der Waals surface area contributed by atoms with Crippen LogP contribution in [0.1, 0.15) is 11.6 Å². The quantitative estimate of drug-likeness (QED) is 0.757. The molecule has 16 heavy (non-hydrogen) atoms. The predicted molar refractivity (Wildman–Crippen MR) is 67.6 cm³/mol. The van der Waals surface area contributed by atoms with Crippen LogP contribution in [0.5, 0.6) is 0 Å². The van der Waals surface area contributed by atoms with Crippen molar-refractivity contribution >= 4 is 0 Å². The molecule has 1 unspecified atom stereocenters. The van der Waals surface area contributed by atoms with Crippen molar-refractivity contribution in [2.24, 2.45) is 0 Å². The van der Waals surface area contributed by atoms with E-state index in [4.69, 9.17) is 4.74 Å². The summed E-state index contributed by atoms with van der Waals surface area (Å²) in [4.78, 5) is 2.31. The first-order valence-corrected chi connectivity index (χ1v) is 5.68. The second kappa shape index (κ2) is 7.39. The van der Waals surface area contributed by atoms with Gasteiger partial charge in [-0.05, 0) is 19.7 Å². The van der Waals surface area contributed by atoms with E-state index < -0.39 is 0 Å². The third kappa shape index (κ3) is 3.93. The van der Waals surface area contributed by atoms with Crippen LogP contribution < -0.4 is 5.32 Å². The minimum atomic E-state index is 0.404. The topological polar surface area (TPSA) is 24.5 Å². The van der Waals surface area contributed by atoms with Crippen molar-refractivity contribution in [2.75, 3.05) is 40.9 Å². The summed E-state index contributed by atoms with van der Waals surface area (Å²) in [7, 11) is 5.86. The van der Waals surface area contributed by atoms with Crippen LogP contribution in [-0.4, -0.2) is 45.8 Å². The summed E-state index contributed by atoms with van der Waals surface area (Å²) in [6, 6.07) is 11.0. The Morgan fingerprint density at radius 2 is 2.00 bits per heavy atom. The molecule has 3 nitrogen and oxygen atoms in total. The number of likely N-dealkylation sites (N-methyl/N-ethyl adjacent to an activating group) is 2. The molecule has 0 radical (unpaired) electrons. The molecule has 0 spiro atoms. The molecule has 0 heterocycles. The van der Waals surface area contributed by atoms with Crippen molar-refractivity contribution in [1.82, 2.24) is 10.2 Å². The van der Waals surface area contributed by atoms with Crippen molar-refractivity contribution in [3.05, 3.63) is 35.9 Å². The minimum Gasteiger partial charge on any atom is -0.383 e. The molecular weight excluding hydrogens is 200 g/mol. The van der Waals surface area contributed by atoms with Crippen molar-refractivity contribution in [3.8, 4) is 0 Å². The Hall–Kier alpha value is -0.900. The molecule has 0 aromatic heterocycles. The molecule has 0 aliphatic heterocycles. The summed E-state index contributed by atoms with van der Waals surface area (Å²) in [5.41, 5.74) is 1.34. The van der Waals surface area contributed by atoms with Crippen molar-refractivity contribution in [3.63, 3.8) is 0 Å². The van der Waals surface area contributed by atoms with E-state index in [2.05, 4.69) is 47.6 Å². The van der Waals surface area contributed by atoms with Crippen molar-refractivity contribution in [2.45, 2.75) is 6.04 Å². The molecule has 0 fully saturated rings. The number of hydrogen-bond acceptors (Lipinski definition) is 3. The third-order valence-corrected chi connectivity index (χ3v) is 2.76. The molecular formula is C13H22N2O. The number of ether oxygens (including phenoxy) is 1. The van der Waals surface area contributed by atoms with Crippen LogP contribution in [0.4, 0.5) is 0 Å². The molecule has 1 N–H and O–H groups in total. The van der Waals surface area contributed by atoms with E-state index in [0.717, 1.165) is 19.7 Å². The summed E-state index contributed by atoms with van der Waals surface area (Å²) in [5.74, 6) is 0. The first-order valence-electron chi connectivity index (χ1n) is 5.68. The lowest BCUT2D eigenvalue weighted by Crippen LogP contribution is -2.34. The SMILES string of the molecule is CNCC(c1ccccc1)N(C)CCOC. The number of benzene rings is 1. The lowest BCUT2D eigenvalue weighted by molar-refractivity contribution is 0.138. The van der Waals surface area contributed by atoms with Gasteiger partial charge < -0.3 is 10.1 Å². The molecule has 1 aromatic carbocycles. The first kappa shape index (κ1) is 13.2. The molecule has 0 amide bonds. The van der Waals surface area contributed by atoms with Crippen LogP contribution in [-0.2, 0) is 4.74 Å². The molecule has 1 rings (SSSR count). The van der Waals surface area contributed by atoms with Crippen LogP contribution in [0.25, 0.3) is 0 Å². The monoisotopic (exact) mass is 222 g/mol. The van der Waals surface area contributed by atoms with E-state index in [1.165, 1.54) is 5.56 Å². The maximum Gasteiger partial charge on any atom is 0.0589 e. The lowest BCUT2D eigenvalue weighted by atomic mass is 10.1. The molecule has 0 aliphatic rings. The molecule has 0 saturated heterocycles. The highest BCUT2D eigenvalue weighted by Crippen LogP contribution is 2.17. The van der Waals surface area contributed by atoms with Gasteiger partial charge in [0.15, 0.2) is 0 Å². The third-order valence-electron chi connectivity index (χ3n) is 2.76. The Kier molecular flexibility index (Phi) is 6.08. The van der Waals surface area contributed by atoms with Gasteiger partial charge in [0, 0.05) is 26.2 Å². The first-order chi connectivity index (χ1) is 7.79. The number of hydrogen-bond donors (Lipinski definition) is 1. The summed E-state index contributed by atoms with van der Waals surface area (Å²) < 4.78 is 5.11. The molecule has 0 saturated carbocycles. The largest absolute Gasteiger partial charge is 0.383 e. The zero-order valence-electron chi connectivity index (χ0n) is 10.4. The highest BCUT2D eigenvalue weighted by Gasteiger charge is 2.15.